The maximum absolute atomic E-state index is 9.78. The van der Waals surface area contributed by atoms with Crippen molar-refractivity contribution < 1.29 is 5.11 Å². The first-order chi connectivity index (χ1) is 8.78. The minimum absolute atomic E-state index is 0.0755. The van der Waals surface area contributed by atoms with Crippen LogP contribution in [0.3, 0.4) is 0 Å². The number of aliphatic hydroxyl groups is 1. The van der Waals surface area contributed by atoms with Crippen LogP contribution in [0.25, 0.3) is 0 Å². The molecule has 0 spiro atoms. The lowest BCUT2D eigenvalue weighted by Crippen LogP contribution is -2.48. The SMILES string of the molecule is CCN1CCCC(CO)(NCc2cccs2)CC1. The average molecular weight is 268 g/mol. The first kappa shape index (κ1) is 14.0. The van der Waals surface area contributed by atoms with E-state index >= 15 is 0 Å². The standard InChI is InChI=1S/C14H24N2OS/c1-2-16-8-4-6-14(12-17,7-9-16)15-11-13-5-3-10-18-13/h3,5,10,15,17H,2,4,6-9,11-12H2,1H3. The summed E-state index contributed by atoms with van der Waals surface area (Å²) in [6, 6.07) is 4.23. The molecule has 1 fully saturated rings. The van der Waals surface area contributed by atoms with Gasteiger partial charge in [-0.05, 0) is 50.3 Å². The number of rotatable bonds is 5. The summed E-state index contributed by atoms with van der Waals surface area (Å²) in [4.78, 5) is 3.82. The summed E-state index contributed by atoms with van der Waals surface area (Å²) < 4.78 is 0. The fraction of sp³-hybridized carbons (Fsp3) is 0.714. The van der Waals surface area contributed by atoms with Gasteiger partial charge in [-0.25, -0.2) is 0 Å². The molecule has 0 radical (unpaired) electrons. The predicted octanol–water partition coefficient (Wildman–Crippen LogP) is 2.07. The molecule has 1 saturated heterocycles. The van der Waals surface area contributed by atoms with Crippen molar-refractivity contribution in [3.8, 4) is 0 Å². The lowest BCUT2D eigenvalue weighted by atomic mass is 9.91. The van der Waals surface area contributed by atoms with Gasteiger partial charge in [0.05, 0.1) is 6.61 Å². The molecule has 1 aliphatic heterocycles. The van der Waals surface area contributed by atoms with Crippen molar-refractivity contribution in [1.82, 2.24) is 10.2 Å². The van der Waals surface area contributed by atoms with Crippen LogP contribution in [0.4, 0.5) is 0 Å². The molecule has 1 aliphatic rings. The Balaban J connectivity index is 1.92. The van der Waals surface area contributed by atoms with E-state index in [-0.39, 0.29) is 12.1 Å². The van der Waals surface area contributed by atoms with Crippen molar-refractivity contribution in [2.24, 2.45) is 0 Å². The minimum atomic E-state index is -0.0755. The second kappa shape index (κ2) is 6.66. The van der Waals surface area contributed by atoms with E-state index in [1.165, 1.54) is 17.8 Å². The Hall–Kier alpha value is -0.420. The van der Waals surface area contributed by atoms with Crippen LogP contribution in [0.2, 0.25) is 0 Å². The highest BCUT2D eigenvalue weighted by Crippen LogP contribution is 2.23. The third kappa shape index (κ3) is 3.54. The molecule has 1 atom stereocenters. The molecule has 4 heteroatoms. The van der Waals surface area contributed by atoms with Crippen LogP contribution in [0.5, 0.6) is 0 Å². The molecular weight excluding hydrogens is 244 g/mol. The molecule has 2 N–H and O–H groups in total. The summed E-state index contributed by atoms with van der Waals surface area (Å²) >= 11 is 1.78. The van der Waals surface area contributed by atoms with Gasteiger partial charge in [0.25, 0.3) is 0 Å². The van der Waals surface area contributed by atoms with Gasteiger partial charge in [-0.15, -0.1) is 11.3 Å². The zero-order chi connectivity index (χ0) is 12.8. The number of likely N-dealkylation sites (tertiary alicyclic amines) is 1. The Morgan fingerprint density at radius 2 is 2.33 bits per heavy atom. The highest BCUT2D eigenvalue weighted by atomic mass is 32.1. The smallest absolute Gasteiger partial charge is 0.0613 e. The van der Waals surface area contributed by atoms with Gasteiger partial charge < -0.3 is 15.3 Å². The summed E-state index contributed by atoms with van der Waals surface area (Å²) in [6.07, 6.45) is 3.29. The van der Waals surface area contributed by atoms with Crippen LogP contribution < -0.4 is 5.32 Å². The van der Waals surface area contributed by atoms with Gasteiger partial charge in [-0.2, -0.15) is 0 Å². The van der Waals surface area contributed by atoms with Crippen molar-refractivity contribution in [2.75, 3.05) is 26.2 Å². The first-order valence-electron chi connectivity index (χ1n) is 6.88. The zero-order valence-electron chi connectivity index (χ0n) is 11.2. The molecule has 2 rings (SSSR count). The predicted molar refractivity (Wildman–Crippen MR) is 76.9 cm³/mol. The minimum Gasteiger partial charge on any atom is -0.394 e. The lowest BCUT2D eigenvalue weighted by Gasteiger charge is -2.32. The van der Waals surface area contributed by atoms with Crippen molar-refractivity contribution in [3.63, 3.8) is 0 Å². The molecule has 0 bridgehead atoms. The van der Waals surface area contributed by atoms with Crippen LogP contribution >= 0.6 is 11.3 Å². The number of hydrogen-bond acceptors (Lipinski definition) is 4. The molecule has 0 saturated carbocycles. The second-order valence-electron chi connectivity index (χ2n) is 5.16. The summed E-state index contributed by atoms with van der Waals surface area (Å²) in [6.45, 7) is 6.71. The molecule has 102 valence electrons. The number of nitrogens with zero attached hydrogens (tertiary/aromatic N) is 1. The number of thiophene rings is 1. The van der Waals surface area contributed by atoms with Crippen LogP contribution in [0.1, 0.15) is 31.1 Å². The van der Waals surface area contributed by atoms with Crippen LogP contribution in [0.15, 0.2) is 17.5 Å². The van der Waals surface area contributed by atoms with Gasteiger partial charge in [-0.3, -0.25) is 0 Å². The van der Waals surface area contributed by atoms with Crippen molar-refractivity contribution in [3.05, 3.63) is 22.4 Å². The molecule has 1 unspecified atom stereocenters. The molecule has 1 aromatic rings. The molecule has 18 heavy (non-hydrogen) atoms. The maximum atomic E-state index is 9.78. The first-order valence-corrected chi connectivity index (χ1v) is 7.76. The Kier molecular flexibility index (Phi) is 5.18. The largest absolute Gasteiger partial charge is 0.394 e. The van der Waals surface area contributed by atoms with E-state index in [2.05, 4.69) is 34.7 Å². The molecule has 1 aromatic heterocycles. The van der Waals surface area contributed by atoms with Gasteiger partial charge in [0, 0.05) is 17.0 Å². The Morgan fingerprint density at radius 1 is 1.44 bits per heavy atom. The fourth-order valence-electron chi connectivity index (χ4n) is 2.64. The molecule has 2 heterocycles. The Labute approximate surface area is 114 Å². The third-order valence-electron chi connectivity index (χ3n) is 4.00. The van der Waals surface area contributed by atoms with E-state index in [0.29, 0.717) is 0 Å². The zero-order valence-corrected chi connectivity index (χ0v) is 12.0. The van der Waals surface area contributed by atoms with E-state index in [1.807, 2.05) is 0 Å². The Morgan fingerprint density at radius 3 is 3.00 bits per heavy atom. The van der Waals surface area contributed by atoms with Gasteiger partial charge in [0.15, 0.2) is 0 Å². The summed E-state index contributed by atoms with van der Waals surface area (Å²) in [7, 11) is 0. The van der Waals surface area contributed by atoms with E-state index in [1.54, 1.807) is 11.3 Å². The van der Waals surface area contributed by atoms with Crippen molar-refractivity contribution in [2.45, 2.75) is 38.3 Å². The van der Waals surface area contributed by atoms with E-state index in [9.17, 15) is 5.11 Å². The monoisotopic (exact) mass is 268 g/mol. The van der Waals surface area contributed by atoms with Crippen LogP contribution in [0, 0.1) is 0 Å². The van der Waals surface area contributed by atoms with Crippen LogP contribution in [-0.4, -0.2) is 41.8 Å². The van der Waals surface area contributed by atoms with E-state index in [0.717, 1.165) is 32.5 Å². The highest BCUT2D eigenvalue weighted by Gasteiger charge is 2.31. The van der Waals surface area contributed by atoms with E-state index < -0.39 is 0 Å². The van der Waals surface area contributed by atoms with Crippen molar-refractivity contribution >= 4 is 11.3 Å². The molecule has 0 aliphatic carbocycles. The lowest BCUT2D eigenvalue weighted by molar-refractivity contribution is 0.141. The quantitative estimate of drug-likeness (QED) is 0.858. The molecule has 0 aromatic carbocycles. The maximum Gasteiger partial charge on any atom is 0.0613 e. The normalized spacial score (nSPS) is 26.1. The summed E-state index contributed by atoms with van der Waals surface area (Å²) in [5, 5.41) is 15.5. The van der Waals surface area contributed by atoms with Gasteiger partial charge in [0.1, 0.15) is 0 Å². The number of nitrogens with one attached hydrogen (secondary N) is 1. The average Bonchev–Trinajstić information content (AvgIpc) is 2.83. The topological polar surface area (TPSA) is 35.5 Å². The summed E-state index contributed by atoms with van der Waals surface area (Å²) in [5.41, 5.74) is -0.0755. The van der Waals surface area contributed by atoms with E-state index in [4.69, 9.17) is 0 Å². The summed E-state index contributed by atoms with van der Waals surface area (Å²) in [5.74, 6) is 0. The van der Waals surface area contributed by atoms with Gasteiger partial charge in [-0.1, -0.05) is 13.0 Å². The van der Waals surface area contributed by atoms with Gasteiger partial charge in [0.2, 0.25) is 0 Å². The molecular formula is C14H24N2OS. The fourth-order valence-corrected chi connectivity index (χ4v) is 3.29. The van der Waals surface area contributed by atoms with Crippen molar-refractivity contribution in [1.29, 1.82) is 0 Å². The van der Waals surface area contributed by atoms with Crippen LogP contribution in [-0.2, 0) is 6.54 Å². The highest BCUT2D eigenvalue weighted by molar-refractivity contribution is 7.09. The number of hydrogen-bond donors (Lipinski definition) is 2. The second-order valence-corrected chi connectivity index (χ2v) is 6.19. The Bertz CT molecular complexity index is 342. The molecule has 0 amide bonds. The van der Waals surface area contributed by atoms with Gasteiger partial charge >= 0.3 is 0 Å². The third-order valence-corrected chi connectivity index (χ3v) is 4.88. The number of aliphatic hydroxyl groups excluding tert-OH is 1. The molecule has 3 nitrogen and oxygen atoms in total.